The highest BCUT2D eigenvalue weighted by atomic mass is 32.2. The second-order valence-corrected chi connectivity index (χ2v) is 5.17. The van der Waals surface area contributed by atoms with E-state index in [-0.39, 0.29) is 23.6 Å². The summed E-state index contributed by atoms with van der Waals surface area (Å²) in [6.07, 6.45) is 0.866. The van der Waals surface area contributed by atoms with Gasteiger partial charge >= 0.3 is 0 Å². The Hall–Kier alpha value is -1.33. The number of amides is 2. The Labute approximate surface area is 111 Å². The number of benzene rings is 1. The Morgan fingerprint density at radius 3 is 2.61 bits per heavy atom. The van der Waals surface area contributed by atoms with Crippen LogP contribution in [0.1, 0.15) is 23.7 Å². The monoisotopic (exact) mass is 266 g/mol. The summed E-state index contributed by atoms with van der Waals surface area (Å²) in [7, 11) is 0. The third-order valence-corrected chi connectivity index (χ3v) is 3.23. The molecule has 18 heavy (non-hydrogen) atoms. The first-order valence-electron chi connectivity index (χ1n) is 5.82. The Morgan fingerprint density at radius 1 is 1.33 bits per heavy atom. The van der Waals surface area contributed by atoms with Gasteiger partial charge in [0.2, 0.25) is 5.91 Å². The normalized spacial score (nSPS) is 11.9. The van der Waals surface area contributed by atoms with Gasteiger partial charge in [-0.25, -0.2) is 0 Å². The van der Waals surface area contributed by atoms with Crippen LogP contribution >= 0.6 is 11.8 Å². The number of carbonyl (C=O) groups is 2. The summed E-state index contributed by atoms with van der Waals surface area (Å²) in [4.78, 5) is 23.1. The number of thioether (sulfide) groups is 1. The van der Waals surface area contributed by atoms with Crippen LogP contribution in [0.4, 0.5) is 0 Å². The van der Waals surface area contributed by atoms with Gasteiger partial charge in [0.05, 0.1) is 5.75 Å². The zero-order chi connectivity index (χ0) is 13.4. The van der Waals surface area contributed by atoms with Gasteiger partial charge in [0, 0.05) is 11.6 Å². The van der Waals surface area contributed by atoms with Gasteiger partial charge in [0.15, 0.2) is 0 Å². The van der Waals surface area contributed by atoms with E-state index in [1.54, 1.807) is 24.3 Å². The lowest BCUT2D eigenvalue weighted by Crippen LogP contribution is -2.32. The summed E-state index contributed by atoms with van der Waals surface area (Å²) in [6, 6.07) is 8.83. The molecular weight excluding hydrogens is 248 g/mol. The van der Waals surface area contributed by atoms with Crippen LogP contribution in [0.5, 0.6) is 0 Å². The molecule has 3 N–H and O–H groups in total. The third kappa shape index (κ3) is 5.84. The first-order valence-corrected chi connectivity index (χ1v) is 6.97. The molecule has 0 fully saturated rings. The van der Waals surface area contributed by atoms with E-state index in [2.05, 4.69) is 5.32 Å². The van der Waals surface area contributed by atoms with E-state index in [4.69, 9.17) is 5.73 Å². The summed E-state index contributed by atoms with van der Waals surface area (Å²) in [5.74, 6) is 0.488. The van der Waals surface area contributed by atoms with Crippen molar-refractivity contribution in [2.24, 2.45) is 5.73 Å². The lowest BCUT2D eigenvalue weighted by atomic mass is 10.2. The van der Waals surface area contributed by atoms with Crippen molar-refractivity contribution in [3.8, 4) is 0 Å². The topological polar surface area (TPSA) is 72.2 Å². The molecule has 0 aromatic heterocycles. The van der Waals surface area contributed by atoms with Gasteiger partial charge in [0.1, 0.15) is 0 Å². The minimum Gasteiger partial charge on any atom is -0.328 e. The Kier molecular flexibility index (Phi) is 6.46. The number of hydrogen-bond acceptors (Lipinski definition) is 4. The molecule has 98 valence electrons. The van der Waals surface area contributed by atoms with E-state index in [9.17, 15) is 9.59 Å². The lowest BCUT2D eigenvalue weighted by molar-refractivity contribution is -0.117. The number of carbonyl (C=O) groups excluding carboxylic acids is 2. The predicted octanol–water partition coefficient (Wildman–Crippen LogP) is 1.41. The van der Waals surface area contributed by atoms with Crippen molar-refractivity contribution in [3.05, 3.63) is 35.9 Å². The Balaban J connectivity index is 2.26. The maximum absolute atomic E-state index is 11.6. The summed E-state index contributed by atoms with van der Waals surface area (Å²) in [6.45, 7) is 1.93. The highest BCUT2D eigenvalue weighted by Gasteiger charge is 2.09. The molecule has 0 saturated carbocycles. The molecule has 0 aliphatic carbocycles. The van der Waals surface area contributed by atoms with Crippen molar-refractivity contribution >= 4 is 23.6 Å². The zero-order valence-corrected chi connectivity index (χ0v) is 11.2. The first-order chi connectivity index (χ1) is 8.59. The van der Waals surface area contributed by atoms with E-state index in [0.717, 1.165) is 12.2 Å². The quantitative estimate of drug-likeness (QED) is 0.764. The first kappa shape index (κ1) is 14.7. The fraction of sp³-hybridized carbons (Fsp3) is 0.385. The fourth-order valence-electron chi connectivity index (χ4n) is 1.26. The van der Waals surface area contributed by atoms with E-state index < -0.39 is 0 Å². The zero-order valence-electron chi connectivity index (χ0n) is 10.4. The average molecular weight is 266 g/mol. The van der Waals surface area contributed by atoms with Crippen LogP contribution in [-0.2, 0) is 4.79 Å². The highest BCUT2D eigenvalue weighted by molar-refractivity contribution is 7.99. The maximum Gasteiger partial charge on any atom is 0.257 e. The van der Waals surface area contributed by atoms with Crippen LogP contribution < -0.4 is 11.1 Å². The van der Waals surface area contributed by atoms with Crippen LogP contribution in [0, 0.1) is 0 Å². The maximum atomic E-state index is 11.6. The predicted molar refractivity (Wildman–Crippen MR) is 74.5 cm³/mol. The summed E-state index contributed by atoms with van der Waals surface area (Å²) < 4.78 is 0. The van der Waals surface area contributed by atoms with Crippen molar-refractivity contribution < 1.29 is 9.59 Å². The minimum absolute atomic E-state index is 0.145. The number of nitrogens with one attached hydrogen (secondary N) is 1. The molecule has 0 radical (unpaired) electrons. The van der Waals surface area contributed by atoms with Gasteiger partial charge in [0.25, 0.3) is 5.91 Å². The molecule has 0 aliphatic heterocycles. The van der Waals surface area contributed by atoms with E-state index in [1.807, 2.05) is 13.0 Å². The number of imide groups is 1. The molecule has 0 aliphatic rings. The third-order valence-electron chi connectivity index (χ3n) is 2.24. The van der Waals surface area contributed by atoms with Crippen LogP contribution in [0.25, 0.3) is 0 Å². The molecule has 2 amide bonds. The number of nitrogens with two attached hydrogens (primary N) is 1. The van der Waals surface area contributed by atoms with Crippen molar-refractivity contribution in [1.82, 2.24) is 5.32 Å². The highest BCUT2D eigenvalue weighted by Crippen LogP contribution is 2.04. The van der Waals surface area contributed by atoms with Gasteiger partial charge in [-0.3, -0.25) is 14.9 Å². The van der Waals surface area contributed by atoms with Gasteiger partial charge in [-0.15, -0.1) is 0 Å². The summed E-state index contributed by atoms with van der Waals surface area (Å²) in [5, 5.41) is 2.35. The van der Waals surface area contributed by atoms with Crippen LogP contribution in [0.3, 0.4) is 0 Å². The molecule has 1 atom stereocenters. The van der Waals surface area contributed by atoms with Crippen molar-refractivity contribution in [3.63, 3.8) is 0 Å². The van der Waals surface area contributed by atoms with E-state index in [0.29, 0.717) is 5.56 Å². The van der Waals surface area contributed by atoms with Gasteiger partial charge in [-0.2, -0.15) is 11.8 Å². The van der Waals surface area contributed by atoms with Crippen molar-refractivity contribution in [2.45, 2.75) is 19.4 Å². The standard InChI is InChI=1S/C13H18N2O2S/c1-10(14)7-8-18-9-12(16)15-13(17)11-5-3-2-4-6-11/h2-6,10H,7-9,14H2,1H3,(H,15,16,17). The summed E-state index contributed by atoms with van der Waals surface area (Å²) >= 11 is 1.48. The molecule has 1 unspecified atom stereocenters. The number of rotatable bonds is 6. The molecule has 1 rings (SSSR count). The minimum atomic E-state index is -0.353. The average Bonchev–Trinajstić information content (AvgIpc) is 2.35. The van der Waals surface area contributed by atoms with Gasteiger partial charge in [-0.05, 0) is 31.2 Å². The van der Waals surface area contributed by atoms with Crippen LogP contribution in [0.2, 0.25) is 0 Å². The molecule has 4 nitrogen and oxygen atoms in total. The molecule has 0 spiro atoms. The van der Waals surface area contributed by atoms with Crippen LogP contribution in [0.15, 0.2) is 30.3 Å². The second-order valence-electron chi connectivity index (χ2n) is 4.06. The van der Waals surface area contributed by atoms with Crippen molar-refractivity contribution in [1.29, 1.82) is 0 Å². The van der Waals surface area contributed by atoms with Gasteiger partial charge < -0.3 is 5.73 Å². The molecular formula is C13H18N2O2S. The van der Waals surface area contributed by atoms with E-state index in [1.165, 1.54) is 11.8 Å². The van der Waals surface area contributed by atoms with E-state index >= 15 is 0 Å². The second kappa shape index (κ2) is 7.89. The molecule has 5 heteroatoms. The Bertz CT molecular complexity index is 393. The largest absolute Gasteiger partial charge is 0.328 e. The van der Waals surface area contributed by atoms with Crippen molar-refractivity contribution in [2.75, 3.05) is 11.5 Å². The molecule has 0 bridgehead atoms. The summed E-state index contributed by atoms with van der Waals surface area (Å²) in [5.41, 5.74) is 6.09. The molecule has 1 aromatic rings. The number of hydrogen-bond donors (Lipinski definition) is 2. The molecule has 1 aromatic carbocycles. The molecule has 0 heterocycles. The smallest absolute Gasteiger partial charge is 0.257 e. The Morgan fingerprint density at radius 2 is 2.00 bits per heavy atom. The SMILES string of the molecule is CC(N)CCSCC(=O)NC(=O)c1ccccc1. The molecule has 0 saturated heterocycles. The lowest BCUT2D eigenvalue weighted by Gasteiger charge is -2.05. The fourth-order valence-corrected chi connectivity index (χ4v) is 2.20. The van der Waals surface area contributed by atoms with Crippen LogP contribution in [-0.4, -0.2) is 29.4 Å². The van der Waals surface area contributed by atoms with Gasteiger partial charge in [-0.1, -0.05) is 18.2 Å².